The molecule has 0 aliphatic carbocycles. The predicted molar refractivity (Wildman–Crippen MR) is 154 cm³/mol. The van der Waals surface area contributed by atoms with E-state index < -0.39 is 0 Å². The molecule has 0 spiro atoms. The summed E-state index contributed by atoms with van der Waals surface area (Å²) in [5.41, 5.74) is 5.92. The van der Waals surface area contributed by atoms with Gasteiger partial charge in [-0.3, -0.25) is 4.79 Å². The summed E-state index contributed by atoms with van der Waals surface area (Å²) in [5.74, 6) is 1.07. The van der Waals surface area contributed by atoms with Crippen molar-refractivity contribution < 1.29 is 14.3 Å². The van der Waals surface area contributed by atoms with E-state index in [2.05, 4.69) is 17.4 Å². The van der Waals surface area contributed by atoms with Crippen molar-refractivity contribution in [1.82, 2.24) is 15.1 Å². The number of hydrogen-bond donors (Lipinski definition) is 1. The van der Waals surface area contributed by atoms with E-state index in [1.54, 1.807) is 18.9 Å². The third-order valence-corrected chi connectivity index (χ3v) is 6.70. The Kier molecular flexibility index (Phi) is 7.73. The van der Waals surface area contributed by atoms with Crippen molar-refractivity contribution in [3.63, 3.8) is 0 Å². The van der Waals surface area contributed by atoms with E-state index in [1.807, 2.05) is 104 Å². The minimum atomic E-state index is -0.221. The summed E-state index contributed by atoms with van der Waals surface area (Å²) in [5, 5.41) is 8.14. The van der Waals surface area contributed by atoms with Crippen LogP contribution in [0.15, 0.2) is 109 Å². The van der Waals surface area contributed by atoms with Crippen LogP contribution in [0.2, 0.25) is 0 Å². The molecule has 0 fully saturated rings. The van der Waals surface area contributed by atoms with Gasteiger partial charge in [0, 0.05) is 11.6 Å². The van der Waals surface area contributed by atoms with Crippen LogP contribution in [-0.4, -0.2) is 29.9 Å². The molecule has 0 aliphatic rings. The fourth-order valence-corrected chi connectivity index (χ4v) is 4.59. The van der Waals surface area contributed by atoms with Gasteiger partial charge in [0.15, 0.2) is 0 Å². The summed E-state index contributed by atoms with van der Waals surface area (Å²) >= 11 is 0. The Hall–Kier alpha value is -4.84. The average Bonchev–Trinajstić information content (AvgIpc) is 3.43. The van der Waals surface area contributed by atoms with Crippen LogP contribution in [0, 0.1) is 6.92 Å². The van der Waals surface area contributed by atoms with Crippen molar-refractivity contribution in [3.05, 3.63) is 132 Å². The lowest BCUT2D eigenvalue weighted by atomic mass is 9.98. The number of carbonyl (C=O) groups excluding carboxylic acids is 1. The molecule has 0 bridgehead atoms. The molecule has 1 heterocycles. The number of benzene rings is 4. The van der Waals surface area contributed by atoms with Crippen molar-refractivity contribution in [2.24, 2.45) is 0 Å². The molecule has 1 unspecified atom stereocenters. The van der Waals surface area contributed by atoms with Gasteiger partial charge in [-0.05, 0) is 54.8 Å². The highest BCUT2D eigenvalue weighted by molar-refractivity contribution is 5.95. The van der Waals surface area contributed by atoms with Gasteiger partial charge in [-0.15, -0.1) is 0 Å². The molecular formula is C33H31N3O3. The van der Waals surface area contributed by atoms with E-state index in [0.29, 0.717) is 29.3 Å². The molecule has 4 aromatic carbocycles. The molecule has 1 amide bonds. The Balaban J connectivity index is 1.55. The first-order valence-electron chi connectivity index (χ1n) is 12.8. The number of ether oxygens (including phenoxy) is 2. The van der Waals surface area contributed by atoms with E-state index in [4.69, 9.17) is 14.6 Å². The van der Waals surface area contributed by atoms with Gasteiger partial charge in [-0.1, -0.05) is 78.4 Å². The normalized spacial score (nSPS) is 11.6. The molecule has 39 heavy (non-hydrogen) atoms. The fourth-order valence-electron chi connectivity index (χ4n) is 4.59. The summed E-state index contributed by atoms with van der Waals surface area (Å²) in [6, 6.07) is 35.3. The van der Waals surface area contributed by atoms with Gasteiger partial charge in [0.05, 0.1) is 31.6 Å². The molecule has 1 N–H and O–H groups in total. The number of amides is 1. The summed E-state index contributed by atoms with van der Waals surface area (Å²) in [6.45, 7) is 2.03. The Morgan fingerprint density at radius 3 is 2.21 bits per heavy atom. The number of rotatable bonds is 9. The van der Waals surface area contributed by atoms with Gasteiger partial charge in [-0.25, -0.2) is 4.68 Å². The number of aryl methyl sites for hydroxylation is 1. The lowest BCUT2D eigenvalue weighted by molar-refractivity contribution is 0.0928. The van der Waals surface area contributed by atoms with Crippen molar-refractivity contribution in [1.29, 1.82) is 0 Å². The zero-order valence-electron chi connectivity index (χ0n) is 22.3. The minimum Gasteiger partial charge on any atom is -0.497 e. The van der Waals surface area contributed by atoms with Gasteiger partial charge in [-0.2, -0.15) is 5.10 Å². The van der Waals surface area contributed by atoms with Crippen molar-refractivity contribution in [3.8, 4) is 28.4 Å². The molecule has 6 heteroatoms. The molecule has 0 saturated heterocycles. The van der Waals surface area contributed by atoms with Gasteiger partial charge in [0.25, 0.3) is 5.91 Å². The maximum Gasteiger partial charge on any atom is 0.270 e. The molecule has 0 radical (unpaired) electrons. The largest absolute Gasteiger partial charge is 0.497 e. The van der Waals surface area contributed by atoms with Crippen molar-refractivity contribution in [2.75, 3.05) is 14.2 Å². The van der Waals surface area contributed by atoms with Crippen molar-refractivity contribution >= 4 is 5.91 Å². The maximum absolute atomic E-state index is 14.0. The molecular weight excluding hydrogens is 486 g/mol. The van der Waals surface area contributed by atoms with Crippen molar-refractivity contribution in [2.45, 2.75) is 19.4 Å². The Bertz CT molecular complexity index is 1540. The van der Waals surface area contributed by atoms with Crippen LogP contribution in [0.1, 0.15) is 33.2 Å². The molecule has 196 valence electrons. The number of nitrogens with zero attached hydrogens (tertiary/aromatic N) is 2. The quantitative estimate of drug-likeness (QED) is 0.240. The monoisotopic (exact) mass is 517 g/mol. The van der Waals surface area contributed by atoms with E-state index >= 15 is 0 Å². The molecule has 1 aromatic heterocycles. The van der Waals surface area contributed by atoms with Crippen LogP contribution in [0.25, 0.3) is 16.9 Å². The van der Waals surface area contributed by atoms with Crippen LogP contribution in [0.3, 0.4) is 0 Å². The lowest BCUT2D eigenvalue weighted by Gasteiger charge is -2.20. The highest BCUT2D eigenvalue weighted by atomic mass is 16.5. The second kappa shape index (κ2) is 11.7. The summed E-state index contributed by atoms with van der Waals surface area (Å²) in [7, 11) is 3.22. The number of carbonyl (C=O) groups is 1. The van der Waals surface area contributed by atoms with Gasteiger partial charge < -0.3 is 14.8 Å². The van der Waals surface area contributed by atoms with Gasteiger partial charge in [0.1, 0.15) is 17.2 Å². The standard InChI is InChI=1S/C33H31N3O3/c1-23-14-16-26(17-15-23)36-31(22-30(35-36)28-19-18-27(38-2)21-32(28)39-3)33(37)34-29(25-12-8-5-9-13-25)20-24-10-6-4-7-11-24/h4-19,21-22,29H,20H2,1-3H3,(H,34,37). The van der Waals surface area contributed by atoms with Crippen LogP contribution >= 0.6 is 0 Å². The van der Waals surface area contributed by atoms with Crippen LogP contribution < -0.4 is 14.8 Å². The highest BCUT2D eigenvalue weighted by Crippen LogP contribution is 2.34. The lowest BCUT2D eigenvalue weighted by Crippen LogP contribution is -2.31. The van der Waals surface area contributed by atoms with E-state index in [1.165, 1.54) is 0 Å². The van der Waals surface area contributed by atoms with Crippen LogP contribution in [0.5, 0.6) is 11.5 Å². The molecule has 0 aliphatic heterocycles. The maximum atomic E-state index is 14.0. The third-order valence-electron chi connectivity index (χ3n) is 6.70. The summed E-state index contributed by atoms with van der Waals surface area (Å²) in [6.07, 6.45) is 0.661. The number of nitrogens with one attached hydrogen (secondary N) is 1. The molecule has 6 nitrogen and oxygen atoms in total. The topological polar surface area (TPSA) is 65.4 Å². The zero-order chi connectivity index (χ0) is 27.2. The molecule has 5 aromatic rings. The Morgan fingerprint density at radius 1 is 0.846 bits per heavy atom. The van der Waals surface area contributed by atoms with Crippen LogP contribution in [0.4, 0.5) is 0 Å². The Labute approximate surface area is 228 Å². The third kappa shape index (κ3) is 5.85. The fraction of sp³-hybridized carbons (Fsp3) is 0.152. The average molecular weight is 518 g/mol. The van der Waals surface area contributed by atoms with E-state index in [-0.39, 0.29) is 11.9 Å². The second-order valence-electron chi connectivity index (χ2n) is 9.35. The van der Waals surface area contributed by atoms with E-state index in [9.17, 15) is 4.79 Å². The molecule has 0 saturated carbocycles. The molecule has 1 atom stereocenters. The first-order valence-corrected chi connectivity index (χ1v) is 12.8. The Morgan fingerprint density at radius 2 is 1.54 bits per heavy atom. The SMILES string of the molecule is COc1ccc(-c2cc(C(=O)NC(Cc3ccccc3)c3ccccc3)n(-c3ccc(C)cc3)n2)c(OC)c1. The minimum absolute atomic E-state index is 0.216. The number of methoxy groups -OCH3 is 2. The highest BCUT2D eigenvalue weighted by Gasteiger charge is 2.23. The van der Waals surface area contributed by atoms with Gasteiger partial charge in [0.2, 0.25) is 0 Å². The summed E-state index contributed by atoms with van der Waals surface area (Å²) < 4.78 is 12.7. The second-order valence-corrected chi connectivity index (χ2v) is 9.35. The predicted octanol–water partition coefficient (Wildman–Crippen LogP) is 6.58. The molecule has 5 rings (SSSR count). The number of hydrogen-bond acceptors (Lipinski definition) is 4. The summed E-state index contributed by atoms with van der Waals surface area (Å²) in [4.78, 5) is 14.0. The number of aromatic nitrogens is 2. The smallest absolute Gasteiger partial charge is 0.270 e. The van der Waals surface area contributed by atoms with Crippen LogP contribution in [-0.2, 0) is 6.42 Å². The first-order chi connectivity index (χ1) is 19.1. The van der Waals surface area contributed by atoms with Gasteiger partial charge >= 0.3 is 0 Å². The van der Waals surface area contributed by atoms with E-state index in [0.717, 1.165) is 27.9 Å². The first kappa shape index (κ1) is 25.8. The zero-order valence-corrected chi connectivity index (χ0v) is 22.3.